The Bertz CT molecular complexity index is 954. The summed E-state index contributed by atoms with van der Waals surface area (Å²) in [6.07, 6.45) is 0. The number of aromatic hydroxyl groups is 1. The fourth-order valence-electron chi connectivity index (χ4n) is 2.36. The van der Waals surface area contributed by atoms with E-state index in [4.69, 9.17) is 4.74 Å². The summed E-state index contributed by atoms with van der Waals surface area (Å²) < 4.78 is 5.19. The van der Waals surface area contributed by atoms with Gasteiger partial charge in [-0.15, -0.1) is 0 Å². The maximum atomic E-state index is 12.2. The average Bonchev–Trinajstić information content (AvgIpc) is 2.64. The summed E-state index contributed by atoms with van der Waals surface area (Å²) in [7, 11) is 0. The summed E-state index contributed by atoms with van der Waals surface area (Å²) in [5.41, 5.74) is 2.07. The molecule has 6 heteroatoms. The van der Waals surface area contributed by atoms with E-state index in [0.29, 0.717) is 17.1 Å². The highest BCUT2D eigenvalue weighted by molar-refractivity contribution is 6.01. The van der Waals surface area contributed by atoms with Gasteiger partial charge in [0.15, 0.2) is 0 Å². The minimum Gasteiger partial charge on any atom is -0.507 e. The largest absolute Gasteiger partial charge is 0.507 e. The number of anilines is 2. The monoisotopic (exact) mass is 362 g/mol. The van der Waals surface area contributed by atoms with Gasteiger partial charge in [0.2, 0.25) is 0 Å². The molecule has 136 valence electrons. The van der Waals surface area contributed by atoms with Crippen molar-refractivity contribution >= 4 is 23.4 Å². The second kappa shape index (κ2) is 8.05. The van der Waals surface area contributed by atoms with E-state index < -0.39 is 12.0 Å². The first kappa shape index (κ1) is 18.0. The van der Waals surface area contributed by atoms with E-state index in [-0.39, 0.29) is 11.3 Å². The number of phenols is 1. The number of para-hydroxylation sites is 1. The van der Waals surface area contributed by atoms with Crippen molar-refractivity contribution in [3.05, 3.63) is 83.9 Å². The minimum atomic E-state index is -0.686. The molecule has 0 aliphatic carbocycles. The molecule has 0 heterocycles. The van der Waals surface area contributed by atoms with Gasteiger partial charge in [-0.05, 0) is 43.3 Å². The fraction of sp³-hybridized carbons (Fsp3) is 0.0476. The van der Waals surface area contributed by atoms with Crippen molar-refractivity contribution in [1.82, 2.24) is 0 Å². The molecule has 3 rings (SSSR count). The first-order valence-corrected chi connectivity index (χ1v) is 8.26. The number of nitrogens with one attached hydrogen (secondary N) is 2. The quantitative estimate of drug-likeness (QED) is 0.469. The average molecular weight is 362 g/mol. The zero-order valence-electron chi connectivity index (χ0n) is 14.6. The topological polar surface area (TPSA) is 87.7 Å². The second-order valence-corrected chi connectivity index (χ2v) is 5.88. The van der Waals surface area contributed by atoms with E-state index in [1.54, 1.807) is 42.5 Å². The van der Waals surface area contributed by atoms with Gasteiger partial charge in [-0.2, -0.15) is 0 Å². The number of carbonyl (C=O) groups excluding carboxylic acids is 2. The van der Waals surface area contributed by atoms with Gasteiger partial charge in [-0.3, -0.25) is 0 Å². The highest BCUT2D eigenvalue weighted by Gasteiger charge is 2.15. The molecule has 0 bridgehead atoms. The van der Waals surface area contributed by atoms with Crippen LogP contribution in [0.2, 0.25) is 0 Å². The molecule has 0 radical (unpaired) electrons. The summed E-state index contributed by atoms with van der Waals surface area (Å²) in [6.45, 7) is 1.96. The van der Waals surface area contributed by atoms with Gasteiger partial charge in [0, 0.05) is 17.4 Å². The lowest BCUT2D eigenvalue weighted by Crippen LogP contribution is -2.19. The van der Waals surface area contributed by atoms with Crippen molar-refractivity contribution in [3.63, 3.8) is 0 Å². The Morgan fingerprint density at radius 1 is 0.852 bits per heavy atom. The molecule has 6 nitrogen and oxygen atoms in total. The number of phenolic OH excluding ortho intramolecular Hbond substituents is 1. The molecule has 0 aliphatic rings. The molecule has 0 saturated carbocycles. The third-order valence-electron chi connectivity index (χ3n) is 3.74. The molecule has 0 spiro atoms. The van der Waals surface area contributed by atoms with Crippen LogP contribution < -0.4 is 15.4 Å². The van der Waals surface area contributed by atoms with Gasteiger partial charge in [-0.25, -0.2) is 9.59 Å². The summed E-state index contributed by atoms with van der Waals surface area (Å²) in [5.74, 6) is -0.597. The number of carbonyl (C=O) groups is 2. The van der Waals surface area contributed by atoms with Crippen LogP contribution in [0.4, 0.5) is 16.2 Å². The molecular weight excluding hydrogens is 344 g/mol. The smallest absolute Gasteiger partial charge is 0.347 e. The third kappa shape index (κ3) is 4.85. The van der Waals surface area contributed by atoms with E-state index in [1.165, 1.54) is 18.2 Å². The van der Waals surface area contributed by atoms with Gasteiger partial charge >= 0.3 is 12.0 Å². The van der Waals surface area contributed by atoms with Crippen molar-refractivity contribution in [3.8, 4) is 11.5 Å². The normalized spacial score (nSPS) is 10.1. The lowest BCUT2D eigenvalue weighted by Gasteiger charge is -2.10. The Morgan fingerprint density at radius 3 is 2.15 bits per heavy atom. The van der Waals surface area contributed by atoms with Crippen molar-refractivity contribution < 1.29 is 19.4 Å². The lowest BCUT2D eigenvalue weighted by atomic mass is 10.2. The molecule has 27 heavy (non-hydrogen) atoms. The zero-order chi connectivity index (χ0) is 19.2. The lowest BCUT2D eigenvalue weighted by molar-refractivity contribution is 0.0731. The van der Waals surface area contributed by atoms with E-state index in [9.17, 15) is 14.7 Å². The van der Waals surface area contributed by atoms with Gasteiger partial charge in [0.25, 0.3) is 0 Å². The number of amides is 2. The summed E-state index contributed by atoms with van der Waals surface area (Å²) in [6, 6.07) is 19.6. The summed E-state index contributed by atoms with van der Waals surface area (Å²) in [4.78, 5) is 24.2. The van der Waals surface area contributed by atoms with E-state index in [0.717, 1.165) is 5.56 Å². The third-order valence-corrected chi connectivity index (χ3v) is 3.74. The Labute approximate surface area is 156 Å². The number of benzene rings is 3. The summed E-state index contributed by atoms with van der Waals surface area (Å²) in [5, 5.41) is 15.4. The second-order valence-electron chi connectivity index (χ2n) is 5.88. The van der Waals surface area contributed by atoms with Crippen molar-refractivity contribution in [1.29, 1.82) is 0 Å². The molecule has 3 aromatic carbocycles. The van der Waals surface area contributed by atoms with Crippen LogP contribution >= 0.6 is 0 Å². The van der Waals surface area contributed by atoms with Crippen LogP contribution in [0.3, 0.4) is 0 Å². The molecule has 3 N–H and O–H groups in total. The number of rotatable bonds is 4. The predicted octanol–water partition coefficient (Wildman–Crippen LogP) is 4.56. The van der Waals surface area contributed by atoms with E-state index in [1.807, 2.05) is 19.1 Å². The highest BCUT2D eigenvalue weighted by atomic mass is 16.5. The van der Waals surface area contributed by atoms with E-state index >= 15 is 0 Å². The minimum absolute atomic E-state index is 0.00310. The first-order chi connectivity index (χ1) is 13.0. The van der Waals surface area contributed by atoms with Crippen LogP contribution in [-0.2, 0) is 0 Å². The molecule has 0 aliphatic heterocycles. The molecule has 3 aromatic rings. The van der Waals surface area contributed by atoms with Crippen LogP contribution in [0, 0.1) is 6.92 Å². The Kier molecular flexibility index (Phi) is 5.37. The molecule has 0 aromatic heterocycles. The highest BCUT2D eigenvalue weighted by Crippen LogP contribution is 2.24. The molecule has 0 atom stereocenters. The Balaban J connectivity index is 1.64. The Morgan fingerprint density at radius 2 is 1.48 bits per heavy atom. The van der Waals surface area contributed by atoms with Gasteiger partial charge in [-0.1, -0.05) is 35.9 Å². The van der Waals surface area contributed by atoms with Gasteiger partial charge < -0.3 is 20.5 Å². The van der Waals surface area contributed by atoms with Gasteiger partial charge in [0.1, 0.15) is 17.1 Å². The van der Waals surface area contributed by atoms with Crippen LogP contribution in [0.5, 0.6) is 11.5 Å². The SMILES string of the molecule is Cc1ccc(NC(=O)Nc2ccc(C(=O)Oc3ccccc3)c(O)c2)cc1. The Hall–Kier alpha value is -3.80. The number of urea groups is 1. The number of esters is 1. The molecule has 2 amide bonds. The van der Waals surface area contributed by atoms with Gasteiger partial charge in [0.05, 0.1) is 0 Å². The molecule has 0 unspecified atom stereocenters. The fourth-order valence-corrected chi connectivity index (χ4v) is 2.36. The predicted molar refractivity (Wildman–Crippen MR) is 103 cm³/mol. The number of ether oxygens (including phenoxy) is 1. The van der Waals surface area contributed by atoms with Crippen molar-refractivity contribution in [2.45, 2.75) is 6.92 Å². The molecular formula is C21H18N2O4. The van der Waals surface area contributed by atoms with Crippen molar-refractivity contribution in [2.75, 3.05) is 10.6 Å². The maximum absolute atomic E-state index is 12.2. The van der Waals surface area contributed by atoms with Crippen LogP contribution in [0.1, 0.15) is 15.9 Å². The van der Waals surface area contributed by atoms with Crippen molar-refractivity contribution in [2.24, 2.45) is 0 Å². The number of hydrogen-bond donors (Lipinski definition) is 3. The number of hydrogen-bond acceptors (Lipinski definition) is 4. The molecule has 0 fully saturated rings. The molecule has 0 saturated heterocycles. The first-order valence-electron chi connectivity index (χ1n) is 8.26. The summed E-state index contributed by atoms with van der Waals surface area (Å²) >= 11 is 0. The van der Waals surface area contributed by atoms with Crippen LogP contribution in [-0.4, -0.2) is 17.1 Å². The maximum Gasteiger partial charge on any atom is 0.347 e. The van der Waals surface area contributed by atoms with E-state index in [2.05, 4.69) is 10.6 Å². The van der Waals surface area contributed by atoms with Crippen LogP contribution in [0.15, 0.2) is 72.8 Å². The van der Waals surface area contributed by atoms with Crippen LogP contribution in [0.25, 0.3) is 0 Å². The number of aryl methyl sites for hydroxylation is 1. The zero-order valence-corrected chi connectivity index (χ0v) is 14.6. The standard InChI is InChI=1S/C21H18N2O4/c1-14-7-9-15(10-8-14)22-21(26)23-16-11-12-18(19(24)13-16)20(25)27-17-5-3-2-4-6-17/h2-13,24H,1H3,(H2,22,23,26).